The van der Waals surface area contributed by atoms with Crippen LogP contribution in [0.3, 0.4) is 0 Å². The Labute approximate surface area is 204 Å². The van der Waals surface area contributed by atoms with E-state index < -0.39 is 16.0 Å². The predicted molar refractivity (Wildman–Crippen MR) is 133 cm³/mol. The summed E-state index contributed by atoms with van der Waals surface area (Å²) in [5.41, 5.74) is 2.87. The molecule has 8 nitrogen and oxygen atoms in total. The summed E-state index contributed by atoms with van der Waals surface area (Å²) in [6, 6.07) is 18.4. The molecule has 182 valence electrons. The molecular weight excluding hydrogens is 470 g/mol. The van der Waals surface area contributed by atoms with Crippen molar-refractivity contribution in [3.05, 3.63) is 95.1 Å². The normalized spacial score (nSPS) is 11.2. The van der Waals surface area contributed by atoms with E-state index >= 15 is 0 Å². The predicted octanol–water partition coefficient (Wildman–Crippen LogP) is 4.33. The van der Waals surface area contributed by atoms with E-state index in [2.05, 4.69) is 4.72 Å². The number of anilines is 1. The van der Waals surface area contributed by atoms with Gasteiger partial charge in [-0.05, 0) is 65.7 Å². The topological polar surface area (TPSA) is 108 Å². The molecule has 0 aliphatic carbocycles. The third-order valence-electron chi connectivity index (χ3n) is 4.86. The van der Waals surface area contributed by atoms with E-state index in [4.69, 9.17) is 14.2 Å². The number of nitrogens with one attached hydrogen (secondary N) is 1. The molecule has 0 aliphatic rings. The maximum absolute atomic E-state index is 12.5. The maximum atomic E-state index is 12.5. The molecule has 0 amide bonds. The van der Waals surface area contributed by atoms with Gasteiger partial charge >= 0.3 is 5.97 Å². The Hall–Kier alpha value is -4.11. The lowest BCUT2D eigenvalue weighted by molar-refractivity contribution is 0.0600. The molecule has 0 saturated heterocycles. The van der Waals surface area contributed by atoms with Crippen LogP contribution in [0.25, 0.3) is 6.08 Å². The second-order valence-electron chi connectivity index (χ2n) is 7.54. The van der Waals surface area contributed by atoms with E-state index in [0.717, 1.165) is 17.4 Å². The molecule has 0 fully saturated rings. The number of ketones is 1. The lowest BCUT2D eigenvalue weighted by Crippen LogP contribution is -2.09. The molecule has 3 rings (SSSR count). The molecule has 0 aromatic heterocycles. The number of carbonyl (C=O) groups is 2. The lowest BCUT2D eigenvalue weighted by atomic mass is 10.1. The van der Waals surface area contributed by atoms with E-state index in [0.29, 0.717) is 28.3 Å². The van der Waals surface area contributed by atoms with E-state index in [9.17, 15) is 18.0 Å². The van der Waals surface area contributed by atoms with E-state index in [1.807, 2.05) is 0 Å². The minimum absolute atomic E-state index is 0.231. The molecule has 0 atom stereocenters. The first-order chi connectivity index (χ1) is 16.7. The fourth-order valence-corrected chi connectivity index (χ4v) is 3.67. The van der Waals surface area contributed by atoms with Crippen LogP contribution in [0.1, 0.15) is 31.8 Å². The van der Waals surface area contributed by atoms with Crippen LogP contribution in [-0.2, 0) is 21.4 Å². The van der Waals surface area contributed by atoms with E-state index in [1.165, 1.54) is 32.4 Å². The zero-order valence-electron chi connectivity index (χ0n) is 19.5. The molecule has 1 N–H and O–H groups in total. The van der Waals surface area contributed by atoms with Crippen LogP contribution in [-0.4, -0.2) is 40.6 Å². The lowest BCUT2D eigenvalue weighted by Gasteiger charge is -2.11. The molecule has 0 unspecified atom stereocenters. The number of ether oxygens (including phenoxy) is 3. The molecule has 0 saturated carbocycles. The number of sulfonamides is 1. The fourth-order valence-electron chi connectivity index (χ4n) is 3.11. The van der Waals surface area contributed by atoms with Gasteiger partial charge < -0.3 is 14.2 Å². The van der Waals surface area contributed by atoms with Gasteiger partial charge in [-0.3, -0.25) is 9.52 Å². The smallest absolute Gasteiger partial charge is 0.337 e. The molecule has 0 bridgehead atoms. The van der Waals surface area contributed by atoms with Gasteiger partial charge in [-0.15, -0.1) is 0 Å². The first-order valence-corrected chi connectivity index (χ1v) is 12.4. The third kappa shape index (κ3) is 7.44. The van der Waals surface area contributed by atoms with Gasteiger partial charge in [-0.2, -0.15) is 0 Å². The highest BCUT2D eigenvalue weighted by Crippen LogP contribution is 2.29. The van der Waals surface area contributed by atoms with Crippen LogP contribution in [0.5, 0.6) is 11.5 Å². The second kappa shape index (κ2) is 11.3. The average molecular weight is 496 g/mol. The summed E-state index contributed by atoms with van der Waals surface area (Å²) < 4.78 is 40.9. The molecule has 0 radical (unpaired) electrons. The second-order valence-corrected chi connectivity index (χ2v) is 9.29. The Morgan fingerprint density at radius 1 is 0.886 bits per heavy atom. The third-order valence-corrected chi connectivity index (χ3v) is 5.46. The molecule has 0 heterocycles. The molecule has 9 heteroatoms. The summed E-state index contributed by atoms with van der Waals surface area (Å²) in [4.78, 5) is 24.0. The first kappa shape index (κ1) is 25.5. The number of benzene rings is 3. The highest BCUT2D eigenvalue weighted by atomic mass is 32.2. The number of esters is 1. The summed E-state index contributed by atoms with van der Waals surface area (Å²) in [6.45, 7) is 0.273. The Balaban J connectivity index is 1.64. The van der Waals surface area contributed by atoms with Crippen molar-refractivity contribution >= 4 is 33.5 Å². The SMILES string of the molecule is COC(=O)c1ccc(COc2ccc(/C=C/C(=O)c3ccc(NS(C)(=O)=O)cc3)cc2OC)cc1. The number of rotatable bonds is 10. The highest BCUT2D eigenvalue weighted by Gasteiger charge is 2.09. The number of hydrogen-bond acceptors (Lipinski definition) is 7. The molecule has 35 heavy (non-hydrogen) atoms. The number of methoxy groups -OCH3 is 2. The largest absolute Gasteiger partial charge is 0.493 e. The number of allylic oxidation sites excluding steroid dienone is 1. The van der Waals surface area contributed by atoms with Crippen molar-refractivity contribution in [3.8, 4) is 11.5 Å². The van der Waals surface area contributed by atoms with Crippen LogP contribution in [0.4, 0.5) is 5.69 Å². The number of hydrogen-bond donors (Lipinski definition) is 1. The van der Waals surface area contributed by atoms with Crippen molar-refractivity contribution in [2.75, 3.05) is 25.2 Å². The fraction of sp³-hybridized carbons (Fsp3) is 0.154. The molecule has 3 aromatic rings. The Kier molecular flexibility index (Phi) is 8.27. The van der Waals surface area contributed by atoms with E-state index in [1.54, 1.807) is 60.7 Å². The van der Waals surface area contributed by atoms with Crippen molar-refractivity contribution in [1.82, 2.24) is 0 Å². The van der Waals surface area contributed by atoms with Crippen molar-refractivity contribution in [1.29, 1.82) is 0 Å². The van der Waals surface area contributed by atoms with Crippen LogP contribution < -0.4 is 14.2 Å². The molecule has 3 aromatic carbocycles. The van der Waals surface area contributed by atoms with Crippen LogP contribution >= 0.6 is 0 Å². The Morgan fingerprint density at radius 3 is 2.14 bits per heavy atom. The molecule has 0 aliphatic heterocycles. The van der Waals surface area contributed by atoms with Crippen molar-refractivity contribution < 1.29 is 32.2 Å². The minimum Gasteiger partial charge on any atom is -0.493 e. The summed E-state index contributed by atoms with van der Waals surface area (Å²) >= 11 is 0. The quantitative estimate of drug-likeness (QED) is 0.253. The zero-order valence-corrected chi connectivity index (χ0v) is 20.3. The zero-order chi connectivity index (χ0) is 25.4. The van der Waals surface area contributed by atoms with Crippen molar-refractivity contribution in [2.24, 2.45) is 0 Å². The number of carbonyl (C=O) groups excluding carboxylic acids is 2. The Bertz CT molecular complexity index is 1330. The minimum atomic E-state index is -3.38. The van der Waals surface area contributed by atoms with E-state index in [-0.39, 0.29) is 12.4 Å². The van der Waals surface area contributed by atoms with Gasteiger partial charge in [0.15, 0.2) is 17.3 Å². The van der Waals surface area contributed by atoms with Gasteiger partial charge in [0.25, 0.3) is 0 Å². The van der Waals surface area contributed by atoms with Gasteiger partial charge in [-0.1, -0.05) is 24.3 Å². The van der Waals surface area contributed by atoms with Crippen LogP contribution in [0.15, 0.2) is 72.8 Å². The summed E-state index contributed by atoms with van der Waals surface area (Å²) in [5, 5.41) is 0. The van der Waals surface area contributed by atoms with Gasteiger partial charge in [0.2, 0.25) is 10.0 Å². The summed E-state index contributed by atoms with van der Waals surface area (Å²) in [5.74, 6) is 0.400. The van der Waals surface area contributed by atoms with Gasteiger partial charge in [-0.25, -0.2) is 13.2 Å². The van der Waals surface area contributed by atoms with Crippen molar-refractivity contribution in [2.45, 2.75) is 6.61 Å². The molecule has 0 spiro atoms. The summed E-state index contributed by atoms with van der Waals surface area (Å²) in [6.07, 6.45) is 4.14. The maximum Gasteiger partial charge on any atom is 0.337 e. The Morgan fingerprint density at radius 2 is 1.54 bits per heavy atom. The monoisotopic (exact) mass is 495 g/mol. The highest BCUT2D eigenvalue weighted by molar-refractivity contribution is 7.92. The standard InChI is InChI=1S/C26H25NO7S/c1-32-25-16-18(6-14-23(28)20-10-12-22(13-11-20)27-35(3,30)31)7-15-24(25)34-17-19-4-8-21(9-5-19)26(29)33-2/h4-16,27H,17H2,1-3H3/b14-6+. The van der Waals surface area contributed by atoms with Gasteiger partial charge in [0, 0.05) is 11.3 Å². The summed E-state index contributed by atoms with van der Waals surface area (Å²) in [7, 11) is -0.523. The van der Waals surface area contributed by atoms with Crippen molar-refractivity contribution in [3.63, 3.8) is 0 Å². The van der Waals surface area contributed by atoms with Gasteiger partial charge in [0.1, 0.15) is 6.61 Å². The van der Waals surface area contributed by atoms with Gasteiger partial charge in [0.05, 0.1) is 26.0 Å². The molecular formula is C26H25NO7S. The van der Waals surface area contributed by atoms with Crippen LogP contribution in [0.2, 0.25) is 0 Å². The first-order valence-electron chi connectivity index (χ1n) is 10.5. The average Bonchev–Trinajstić information content (AvgIpc) is 2.85. The van der Waals surface area contributed by atoms with Crippen LogP contribution in [0, 0.1) is 0 Å².